The summed E-state index contributed by atoms with van der Waals surface area (Å²) in [5, 5.41) is 2.07. The first kappa shape index (κ1) is 17.8. The highest BCUT2D eigenvalue weighted by molar-refractivity contribution is 7.79. The van der Waals surface area contributed by atoms with Crippen molar-refractivity contribution in [3.8, 4) is 0 Å². The summed E-state index contributed by atoms with van der Waals surface area (Å²) in [6, 6.07) is 0. The number of rotatable bonds is 7. The molecule has 0 aromatic rings. The number of ether oxygens (including phenoxy) is 2. The van der Waals surface area contributed by atoms with E-state index in [1.165, 1.54) is 0 Å². The van der Waals surface area contributed by atoms with Crippen molar-refractivity contribution in [3.63, 3.8) is 0 Å². The van der Waals surface area contributed by atoms with Gasteiger partial charge in [0.1, 0.15) is 6.17 Å². The first-order chi connectivity index (χ1) is 9.99. The zero-order valence-corrected chi connectivity index (χ0v) is 12.4. The molecule has 9 heteroatoms. The summed E-state index contributed by atoms with van der Waals surface area (Å²) in [7, 11) is 0. The molecule has 21 heavy (non-hydrogen) atoms. The van der Waals surface area contributed by atoms with Crippen LogP contribution in [0.2, 0.25) is 0 Å². The smallest absolute Gasteiger partial charge is 0.410 e. The van der Waals surface area contributed by atoms with Crippen LogP contribution in [0.3, 0.4) is 0 Å². The number of amides is 1. The lowest BCUT2D eigenvalue weighted by Gasteiger charge is -2.19. The zero-order valence-electron chi connectivity index (χ0n) is 11.6. The van der Waals surface area contributed by atoms with Gasteiger partial charge in [-0.2, -0.15) is 0 Å². The number of alkyl carbamates (subject to hydrolysis) is 1. The summed E-state index contributed by atoms with van der Waals surface area (Å²) in [5.74, 6) is -1.11. The third kappa shape index (κ3) is 7.96. The predicted molar refractivity (Wildman–Crippen MR) is 72.6 cm³/mol. The van der Waals surface area contributed by atoms with E-state index in [9.17, 15) is 18.2 Å². The fourth-order valence-corrected chi connectivity index (χ4v) is 2.48. The molecule has 1 amide bonds. The molecule has 1 unspecified atom stereocenters. The van der Waals surface area contributed by atoms with Crippen molar-refractivity contribution in [3.05, 3.63) is 0 Å². The standard InChI is InChI=1S/C12H20FNO6S/c13-10(7-21(17)18)6-14-12(16)20-8-19-11(15)9-4-2-1-3-5-9/h9-10H,1-8H2,(H,14,16)(H,17,18)/t10-/m0/s1. The number of esters is 1. The summed E-state index contributed by atoms with van der Waals surface area (Å²) in [4.78, 5) is 22.8. The van der Waals surface area contributed by atoms with Crippen molar-refractivity contribution in [2.45, 2.75) is 38.3 Å². The molecule has 0 aromatic heterocycles. The Bertz CT molecular complexity index is 375. The van der Waals surface area contributed by atoms with Gasteiger partial charge in [-0.05, 0) is 12.8 Å². The normalized spacial score (nSPS) is 18.6. The van der Waals surface area contributed by atoms with Gasteiger partial charge in [0.15, 0.2) is 11.1 Å². The maximum atomic E-state index is 13.0. The molecule has 0 saturated heterocycles. The number of hydrogen-bond donors (Lipinski definition) is 2. The number of nitrogens with one attached hydrogen (secondary N) is 1. The summed E-state index contributed by atoms with van der Waals surface area (Å²) in [5.41, 5.74) is 0. The molecular weight excluding hydrogens is 305 g/mol. The van der Waals surface area contributed by atoms with Crippen molar-refractivity contribution in [2.24, 2.45) is 5.92 Å². The van der Waals surface area contributed by atoms with Crippen molar-refractivity contribution in [1.29, 1.82) is 0 Å². The van der Waals surface area contributed by atoms with Gasteiger partial charge in [-0.1, -0.05) is 19.3 Å². The Balaban J connectivity index is 2.09. The molecule has 0 radical (unpaired) electrons. The van der Waals surface area contributed by atoms with Crippen molar-refractivity contribution >= 4 is 23.1 Å². The van der Waals surface area contributed by atoms with Crippen LogP contribution in [0.4, 0.5) is 9.18 Å². The Morgan fingerprint density at radius 2 is 1.95 bits per heavy atom. The van der Waals surface area contributed by atoms with Gasteiger partial charge in [-0.25, -0.2) is 13.4 Å². The summed E-state index contributed by atoms with van der Waals surface area (Å²) >= 11 is -2.26. The molecule has 0 bridgehead atoms. The lowest BCUT2D eigenvalue weighted by Crippen LogP contribution is -2.34. The van der Waals surface area contributed by atoms with E-state index in [2.05, 4.69) is 10.1 Å². The van der Waals surface area contributed by atoms with Gasteiger partial charge >= 0.3 is 12.1 Å². The van der Waals surface area contributed by atoms with E-state index in [0.29, 0.717) is 0 Å². The third-order valence-corrected chi connectivity index (χ3v) is 3.77. The summed E-state index contributed by atoms with van der Waals surface area (Å²) in [6.45, 7) is -0.967. The first-order valence-electron chi connectivity index (χ1n) is 6.78. The molecular formula is C12H20FNO6S. The molecule has 0 heterocycles. The van der Waals surface area contributed by atoms with Gasteiger partial charge in [0, 0.05) is 0 Å². The van der Waals surface area contributed by atoms with Crippen LogP contribution in [-0.4, -0.2) is 46.1 Å². The Kier molecular flexibility index (Phi) is 8.21. The lowest BCUT2D eigenvalue weighted by atomic mass is 9.89. The highest BCUT2D eigenvalue weighted by Gasteiger charge is 2.22. The van der Waals surface area contributed by atoms with Crippen LogP contribution in [0.5, 0.6) is 0 Å². The number of carbonyl (C=O) groups is 2. The molecule has 1 fully saturated rings. The molecule has 1 saturated carbocycles. The van der Waals surface area contributed by atoms with E-state index in [0.717, 1.165) is 32.1 Å². The largest absolute Gasteiger partial charge is 0.428 e. The minimum Gasteiger partial charge on any atom is -0.428 e. The van der Waals surface area contributed by atoms with Crippen LogP contribution in [0.25, 0.3) is 0 Å². The molecule has 0 aliphatic heterocycles. The van der Waals surface area contributed by atoms with Crippen LogP contribution >= 0.6 is 0 Å². The second kappa shape index (κ2) is 9.67. The van der Waals surface area contributed by atoms with Crippen LogP contribution in [0.1, 0.15) is 32.1 Å². The Morgan fingerprint density at radius 3 is 2.57 bits per heavy atom. The van der Waals surface area contributed by atoms with Crippen LogP contribution in [0.15, 0.2) is 0 Å². The zero-order chi connectivity index (χ0) is 15.7. The number of alkyl halides is 1. The first-order valence-corrected chi connectivity index (χ1v) is 8.05. The number of carbonyl (C=O) groups excluding carboxylic acids is 2. The molecule has 1 aliphatic rings. The maximum absolute atomic E-state index is 13.0. The van der Waals surface area contributed by atoms with Crippen LogP contribution in [-0.2, 0) is 25.3 Å². The second-order valence-electron chi connectivity index (χ2n) is 4.81. The molecule has 0 spiro atoms. The number of halogens is 1. The monoisotopic (exact) mass is 325 g/mol. The SMILES string of the molecule is O=C(NC[C@H](F)CS(=O)O)OCOC(=O)C1CCCCC1. The van der Waals surface area contributed by atoms with Gasteiger partial charge in [0.2, 0.25) is 6.79 Å². The molecule has 7 nitrogen and oxygen atoms in total. The molecule has 2 N–H and O–H groups in total. The van der Waals surface area contributed by atoms with Crippen LogP contribution < -0.4 is 5.32 Å². The molecule has 0 aromatic carbocycles. The van der Waals surface area contributed by atoms with Crippen molar-refractivity contribution in [1.82, 2.24) is 5.32 Å². The Labute approximate surface area is 124 Å². The van der Waals surface area contributed by atoms with Gasteiger partial charge < -0.3 is 19.3 Å². The van der Waals surface area contributed by atoms with E-state index in [1.54, 1.807) is 0 Å². The topological polar surface area (TPSA) is 102 Å². The lowest BCUT2D eigenvalue weighted by molar-refractivity contribution is -0.157. The van der Waals surface area contributed by atoms with Crippen LogP contribution in [0, 0.1) is 5.92 Å². The van der Waals surface area contributed by atoms with Gasteiger partial charge in [0.05, 0.1) is 18.2 Å². The average molecular weight is 325 g/mol. The Hall–Kier alpha value is -1.22. The minimum absolute atomic E-state index is 0.139. The summed E-state index contributed by atoms with van der Waals surface area (Å²) in [6.07, 6.45) is 2.08. The molecule has 1 aliphatic carbocycles. The Morgan fingerprint density at radius 1 is 1.29 bits per heavy atom. The molecule has 122 valence electrons. The average Bonchev–Trinajstić information content (AvgIpc) is 2.45. The van der Waals surface area contributed by atoms with Gasteiger partial charge in [-0.3, -0.25) is 4.79 Å². The molecule has 2 atom stereocenters. The molecule has 1 rings (SSSR count). The number of hydrogen-bond acceptors (Lipinski definition) is 5. The van der Waals surface area contributed by atoms with E-state index in [-0.39, 0.29) is 11.9 Å². The highest BCUT2D eigenvalue weighted by atomic mass is 32.2. The third-order valence-electron chi connectivity index (χ3n) is 3.12. The van der Waals surface area contributed by atoms with Crippen molar-refractivity contribution < 1.29 is 32.2 Å². The minimum atomic E-state index is -2.26. The second-order valence-corrected chi connectivity index (χ2v) is 5.79. The highest BCUT2D eigenvalue weighted by Crippen LogP contribution is 2.24. The predicted octanol–water partition coefficient (Wildman–Crippen LogP) is 1.35. The van der Waals surface area contributed by atoms with Gasteiger partial charge in [0.25, 0.3) is 0 Å². The van der Waals surface area contributed by atoms with Crippen molar-refractivity contribution in [2.75, 3.05) is 19.1 Å². The van der Waals surface area contributed by atoms with E-state index >= 15 is 0 Å². The fourth-order valence-electron chi connectivity index (χ4n) is 2.06. The van der Waals surface area contributed by atoms with E-state index in [1.807, 2.05) is 0 Å². The quantitative estimate of drug-likeness (QED) is 0.416. The fraction of sp³-hybridized carbons (Fsp3) is 0.833. The van der Waals surface area contributed by atoms with Gasteiger partial charge in [-0.15, -0.1) is 0 Å². The van der Waals surface area contributed by atoms with E-state index < -0.39 is 42.4 Å². The van der Waals surface area contributed by atoms with E-state index in [4.69, 9.17) is 9.29 Å². The maximum Gasteiger partial charge on any atom is 0.410 e. The summed E-state index contributed by atoms with van der Waals surface area (Å²) < 4.78 is 41.1.